The normalized spacial score (nSPS) is 11.6. The van der Waals surface area contributed by atoms with Gasteiger partial charge in [0.05, 0.1) is 11.5 Å². The van der Waals surface area contributed by atoms with Gasteiger partial charge in [0.2, 0.25) is 17.7 Å². The second kappa shape index (κ2) is 7.91. The molecule has 0 spiro atoms. The summed E-state index contributed by atoms with van der Waals surface area (Å²) >= 11 is 0. The van der Waals surface area contributed by atoms with Crippen molar-refractivity contribution in [1.29, 1.82) is 0 Å². The lowest BCUT2D eigenvalue weighted by molar-refractivity contribution is -0.384. The average Bonchev–Trinajstić information content (AvgIpc) is 2.46. The lowest BCUT2D eigenvalue weighted by Crippen LogP contribution is -2.39. The molecule has 0 bridgehead atoms. The van der Waals surface area contributed by atoms with Crippen LogP contribution in [0.15, 0.2) is 6.20 Å². The zero-order chi connectivity index (χ0) is 15.8. The predicted molar refractivity (Wildman–Crippen MR) is 74.5 cm³/mol. The van der Waals surface area contributed by atoms with Gasteiger partial charge in [0, 0.05) is 13.7 Å². The van der Waals surface area contributed by atoms with E-state index >= 15 is 0 Å². The summed E-state index contributed by atoms with van der Waals surface area (Å²) in [6.07, 6.45) is 1.00. The third-order valence-corrected chi connectivity index (χ3v) is 2.45. The van der Waals surface area contributed by atoms with Gasteiger partial charge in [0.1, 0.15) is 12.2 Å². The molecule has 11 nitrogen and oxygen atoms in total. The van der Waals surface area contributed by atoms with Crippen LogP contribution in [0.4, 0.5) is 17.5 Å². The van der Waals surface area contributed by atoms with Crippen molar-refractivity contribution in [2.24, 2.45) is 5.84 Å². The van der Waals surface area contributed by atoms with Gasteiger partial charge < -0.3 is 15.4 Å². The third-order valence-electron chi connectivity index (χ3n) is 2.45. The van der Waals surface area contributed by atoms with Crippen LogP contribution < -0.4 is 21.9 Å². The number of nitro groups is 1. The number of nitrogens with one attached hydrogen (secondary N) is 3. The monoisotopic (exact) mass is 299 g/mol. The lowest BCUT2D eigenvalue weighted by atomic mass is 10.3. The highest BCUT2D eigenvalue weighted by molar-refractivity contribution is 5.84. The van der Waals surface area contributed by atoms with Gasteiger partial charge >= 0.3 is 5.69 Å². The van der Waals surface area contributed by atoms with Crippen LogP contribution in [0.3, 0.4) is 0 Å². The Morgan fingerprint density at radius 1 is 1.62 bits per heavy atom. The molecule has 1 atom stereocenters. The van der Waals surface area contributed by atoms with Crippen LogP contribution in [0.2, 0.25) is 0 Å². The Morgan fingerprint density at radius 3 is 2.90 bits per heavy atom. The minimum Gasteiger partial charge on any atom is -0.383 e. The number of methoxy groups -OCH3 is 1. The molecule has 116 valence electrons. The molecule has 1 unspecified atom stereocenters. The van der Waals surface area contributed by atoms with E-state index in [-0.39, 0.29) is 23.4 Å². The number of nitrogens with two attached hydrogens (primary N) is 1. The third kappa shape index (κ3) is 4.81. The van der Waals surface area contributed by atoms with Crippen LogP contribution in [-0.4, -0.2) is 47.1 Å². The number of ether oxygens (including phenoxy) is 1. The minimum atomic E-state index is -0.735. The summed E-state index contributed by atoms with van der Waals surface area (Å²) in [5, 5.41) is 16.2. The number of rotatable bonds is 8. The number of hydrazine groups is 1. The summed E-state index contributed by atoms with van der Waals surface area (Å²) in [6.45, 7) is 2.25. The van der Waals surface area contributed by atoms with Crippen LogP contribution >= 0.6 is 0 Å². The van der Waals surface area contributed by atoms with Gasteiger partial charge in [-0.2, -0.15) is 4.98 Å². The van der Waals surface area contributed by atoms with E-state index in [0.29, 0.717) is 13.2 Å². The molecule has 1 aromatic heterocycles. The maximum Gasteiger partial charge on any atom is 0.329 e. The molecule has 0 aliphatic carbocycles. The van der Waals surface area contributed by atoms with E-state index in [2.05, 4.69) is 26.0 Å². The van der Waals surface area contributed by atoms with E-state index in [0.717, 1.165) is 6.20 Å². The van der Waals surface area contributed by atoms with E-state index in [1.807, 2.05) is 0 Å². The predicted octanol–water partition coefficient (Wildman–Crippen LogP) is -0.767. The summed E-state index contributed by atoms with van der Waals surface area (Å²) in [5.41, 5.74) is 1.82. The van der Waals surface area contributed by atoms with Gasteiger partial charge in [-0.3, -0.25) is 20.3 Å². The molecule has 0 aliphatic rings. The lowest BCUT2D eigenvalue weighted by Gasteiger charge is -2.14. The molecule has 1 rings (SSSR count). The molecular weight excluding hydrogens is 282 g/mol. The first-order chi connectivity index (χ1) is 9.99. The van der Waals surface area contributed by atoms with Crippen LogP contribution in [0.25, 0.3) is 0 Å². The summed E-state index contributed by atoms with van der Waals surface area (Å²) in [7, 11) is 1.51. The molecule has 1 heterocycles. The molecule has 0 fully saturated rings. The first-order valence-corrected chi connectivity index (χ1v) is 6.00. The Labute approximate surface area is 120 Å². The Kier molecular flexibility index (Phi) is 6.23. The Balaban J connectivity index is 2.80. The first-order valence-electron chi connectivity index (χ1n) is 6.00. The molecule has 11 heteroatoms. The van der Waals surface area contributed by atoms with E-state index < -0.39 is 11.0 Å². The first kappa shape index (κ1) is 16.5. The van der Waals surface area contributed by atoms with Gasteiger partial charge in [-0.25, -0.2) is 10.8 Å². The van der Waals surface area contributed by atoms with Crippen LogP contribution in [0.1, 0.15) is 6.92 Å². The van der Waals surface area contributed by atoms with Crippen molar-refractivity contribution in [3.63, 3.8) is 0 Å². The highest BCUT2D eigenvalue weighted by Crippen LogP contribution is 2.22. The fourth-order valence-electron chi connectivity index (χ4n) is 1.38. The number of carbonyl (C=O) groups is 1. The van der Waals surface area contributed by atoms with E-state index in [1.165, 1.54) is 7.11 Å². The number of amides is 1. The number of nitrogens with zero attached hydrogens (tertiary/aromatic N) is 3. The van der Waals surface area contributed by atoms with Gasteiger partial charge in [-0.1, -0.05) is 0 Å². The van der Waals surface area contributed by atoms with Crippen molar-refractivity contribution in [1.82, 2.24) is 15.3 Å². The zero-order valence-electron chi connectivity index (χ0n) is 11.6. The molecule has 0 saturated carbocycles. The van der Waals surface area contributed by atoms with Crippen molar-refractivity contribution >= 4 is 23.4 Å². The quantitative estimate of drug-likeness (QED) is 0.209. The van der Waals surface area contributed by atoms with Crippen LogP contribution in [0, 0.1) is 10.1 Å². The maximum absolute atomic E-state index is 11.8. The summed E-state index contributed by atoms with van der Waals surface area (Å²) < 4.78 is 4.80. The largest absolute Gasteiger partial charge is 0.383 e. The number of carbonyl (C=O) groups excluding carboxylic acids is 1. The number of anilines is 2. The Morgan fingerprint density at radius 2 is 2.33 bits per heavy atom. The number of hydrogen-bond acceptors (Lipinski definition) is 9. The topological polar surface area (TPSA) is 157 Å². The molecule has 1 amide bonds. The molecule has 21 heavy (non-hydrogen) atoms. The maximum atomic E-state index is 11.8. The summed E-state index contributed by atoms with van der Waals surface area (Å²) in [6, 6.07) is -0.735. The second-order valence-corrected chi connectivity index (χ2v) is 3.98. The van der Waals surface area contributed by atoms with E-state index in [4.69, 9.17) is 10.6 Å². The zero-order valence-corrected chi connectivity index (χ0v) is 11.6. The van der Waals surface area contributed by atoms with E-state index in [9.17, 15) is 14.9 Å². The van der Waals surface area contributed by atoms with Crippen molar-refractivity contribution in [3.8, 4) is 0 Å². The highest BCUT2D eigenvalue weighted by atomic mass is 16.6. The van der Waals surface area contributed by atoms with Crippen molar-refractivity contribution < 1.29 is 14.5 Å². The second-order valence-electron chi connectivity index (χ2n) is 3.98. The Bertz CT molecular complexity index is 510. The molecule has 0 radical (unpaired) electrons. The van der Waals surface area contributed by atoms with Gasteiger partial charge in [-0.15, -0.1) is 0 Å². The molecule has 1 aromatic rings. The SMILES string of the molecule is COCCNC(=O)C(C)Nc1nc(NN)ncc1[N+](=O)[O-]. The van der Waals surface area contributed by atoms with Gasteiger partial charge in [-0.05, 0) is 6.92 Å². The van der Waals surface area contributed by atoms with Crippen molar-refractivity contribution in [2.75, 3.05) is 31.0 Å². The number of aromatic nitrogens is 2. The Hall–Kier alpha value is -2.53. The van der Waals surface area contributed by atoms with E-state index in [1.54, 1.807) is 6.92 Å². The van der Waals surface area contributed by atoms with Crippen molar-refractivity contribution in [2.45, 2.75) is 13.0 Å². The van der Waals surface area contributed by atoms with Gasteiger partial charge in [0.25, 0.3) is 0 Å². The number of hydrogen-bond donors (Lipinski definition) is 4. The summed E-state index contributed by atoms with van der Waals surface area (Å²) in [5.74, 6) is 4.70. The molecule has 5 N–H and O–H groups in total. The molecule has 0 aromatic carbocycles. The highest BCUT2D eigenvalue weighted by Gasteiger charge is 2.21. The molecule has 0 aliphatic heterocycles. The molecular formula is C10H17N7O4. The average molecular weight is 299 g/mol. The van der Waals surface area contributed by atoms with Crippen LogP contribution in [-0.2, 0) is 9.53 Å². The number of nitrogen functional groups attached to an aromatic ring is 1. The van der Waals surface area contributed by atoms with Crippen LogP contribution in [0.5, 0.6) is 0 Å². The van der Waals surface area contributed by atoms with Crippen molar-refractivity contribution in [3.05, 3.63) is 16.3 Å². The fourth-order valence-corrected chi connectivity index (χ4v) is 1.38. The standard InChI is InChI=1S/C10H17N7O4/c1-6(9(18)12-3-4-21-2)14-8-7(17(19)20)5-13-10(15-8)16-11/h5-6H,3-4,11H2,1-2H3,(H,12,18)(H2,13,14,15,16). The molecule has 0 saturated heterocycles. The van der Waals surface area contributed by atoms with Gasteiger partial charge in [0.15, 0.2) is 0 Å². The minimum absolute atomic E-state index is 0.00455. The summed E-state index contributed by atoms with van der Waals surface area (Å²) in [4.78, 5) is 29.5. The fraction of sp³-hybridized carbons (Fsp3) is 0.500. The smallest absolute Gasteiger partial charge is 0.329 e.